The Hall–Kier alpha value is -2.86. The number of imidazole rings is 1. The highest BCUT2D eigenvalue weighted by Gasteiger charge is 2.22. The van der Waals surface area contributed by atoms with Crippen LogP contribution in [0.4, 0.5) is 5.69 Å². The Balaban J connectivity index is 1.55. The molecule has 0 atom stereocenters. The summed E-state index contributed by atoms with van der Waals surface area (Å²) in [7, 11) is 0. The van der Waals surface area contributed by atoms with Crippen molar-refractivity contribution < 1.29 is 9.53 Å². The fraction of sp³-hybridized carbons (Fsp3) is 0.263. The number of aromatic amines is 1. The topological polar surface area (TPSA) is 93.0 Å². The quantitative estimate of drug-likeness (QED) is 0.667. The van der Waals surface area contributed by atoms with Gasteiger partial charge in [-0.1, -0.05) is 12.1 Å². The van der Waals surface area contributed by atoms with Crippen LogP contribution in [0.15, 0.2) is 42.5 Å². The van der Waals surface area contributed by atoms with E-state index < -0.39 is 0 Å². The highest BCUT2D eigenvalue weighted by atomic mass is 16.5. The van der Waals surface area contributed by atoms with Crippen LogP contribution < -0.4 is 15.8 Å². The fourth-order valence-electron chi connectivity index (χ4n) is 2.86. The lowest BCUT2D eigenvalue weighted by atomic mass is 9.96. The molecular weight excluding hydrogens is 316 g/mol. The van der Waals surface area contributed by atoms with Gasteiger partial charge in [0, 0.05) is 5.69 Å². The Labute approximate surface area is 145 Å². The van der Waals surface area contributed by atoms with Crippen molar-refractivity contribution in [1.29, 1.82) is 0 Å². The van der Waals surface area contributed by atoms with Crippen molar-refractivity contribution in [2.75, 3.05) is 5.32 Å². The van der Waals surface area contributed by atoms with Crippen LogP contribution in [0.2, 0.25) is 0 Å². The molecule has 1 fully saturated rings. The Bertz CT molecular complexity index is 915. The van der Waals surface area contributed by atoms with Gasteiger partial charge in [-0.3, -0.25) is 4.79 Å². The van der Waals surface area contributed by atoms with Crippen molar-refractivity contribution in [3.05, 3.63) is 53.9 Å². The predicted octanol–water partition coefficient (Wildman–Crippen LogP) is 3.21. The van der Waals surface area contributed by atoms with E-state index in [9.17, 15) is 4.79 Å². The minimum Gasteiger partial charge on any atom is -0.490 e. The fourth-order valence-corrected chi connectivity index (χ4v) is 2.86. The normalized spacial score (nSPS) is 14.3. The Morgan fingerprint density at radius 3 is 2.88 bits per heavy atom. The number of aromatic nitrogens is 2. The number of H-pyrrole nitrogens is 1. The van der Waals surface area contributed by atoms with E-state index in [1.54, 1.807) is 6.07 Å². The molecule has 0 saturated heterocycles. The molecule has 6 nitrogen and oxygen atoms in total. The number of carbonyl (C=O) groups excluding carboxylic acids is 1. The predicted molar refractivity (Wildman–Crippen MR) is 96.6 cm³/mol. The maximum absolute atomic E-state index is 12.7. The summed E-state index contributed by atoms with van der Waals surface area (Å²) >= 11 is 0. The zero-order chi connectivity index (χ0) is 17.2. The zero-order valence-electron chi connectivity index (χ0n) is 13.8. The lowest BCUT2D eigenvalue weighted by molar-refractivity contribution is 0.0992. The largest absolute Gasteiger partial charge is 0.490 e. The minimum atomic E-state index is -0.187. The Morgan fingerprint density at radius 2 is 2.12 bits per heavy atom. The van der Waals surface area contributed by atoms with Crippen LogP contribution in [0, 0.1) is 0 Å². The Morgan fingerprint density at radius 1 is 1.28 bits per heavy atom. The summed E-state index contributed by atoms with van der Waals surface area (Å²) in [6.45, 7) is 0.349. The molecule has 0 spiro atoms. The molecule has 4 rings (SSSR count). The number of hydrogen-bond acceptors (Lipinski definition) is 4. The zero-order valence-corrected chi connectivity index (χ0v) is 13.8. The third-order valence-electron chi connectivity index (χ3n) is 4.46. The van der Waals surface area contributed by atoms with E-state index >= 15 is 0 Å². The minimum absolute atomic E-state index is 0.187. The van der Waals surface area contributed by atoms with Crippen LogP contribution in [-0.2, 0) is 6.54 Å². The first kappa shape index (κ1) is 15.7. The van der Waals surface area contributed by atoms with Crippen molar-refractivity contribution in [2.45, 2.75) is 31.9 Å². The summed E-state index contributed by atoms with van der Waals surface area (Å²) in [5.41, 5.74) is 8.52. The molecule has 128 valence electrons. The maximum atomic E-state index is 12.7. The molecule has 1 heterocycles. The number of ether oxygens (including phenoxy) is 1. The van der Waals surface area contributed by atoms with Gasteiger partial charge in [-0.2, -0.15) is 0 Å². The highest BCUT2D eigenvalue weighted by Crippen LogP contribution is 2.28. The molecule has 1 aliphatic carbocycles. The second-order valence-corrected chi connectivity index (χ2v) is 6.24. The first-order valence-corrected chi connectivity index (χ1v) is 8.48. The van der Waals surface area contributed by atoms with E-state index in [0.717, 1.165) is 29.7 Å². The van der Waals surface area contributed by atoms with Crippen molar-refractivity contribution in [3.63, 3.8) is 0 Å². The summed E-state index contributed by atoms with van der Waals surface area (Å²) in [5.74, 6) is 1.17. The number of nitrogens with one attached hydrogen (secondary N) is 2. The van der Waals surface area contributed by atoms with Gasteiger partial charge in [0.1, 0.15) is 11.6 Å². The van der Waals surface area contributed by atoms with Gasteiger partial charge in [-0.15, -0.1) is 0 Å². The second kappa shape index (κ2) is 6.57. The summed E-state index contributed by atoms with van der Waals surface area (Å²) in [6, 6.07) is 12.9. The van der Waals surface area contributed by atoms with Gasteiger partial charge in [-0.05, 0) is 49.6 Å². The third-order valence-corrected chi connectivity index (χ3v) is 4.46. The number of hydrogen-bond donors (Lipinski definition) is 3. The number of carbonyl (C=O) groups is 1. The van der Waals surface area contributed by atoms with E-state index in [-0.39, 0.29) is 12.0 Å². The van der Waals surface area contributed by atoms with Gasteiger partial charge in [0.2, 0.25) is 0 Å². The van der Waals surface area contributed by atoms with Gasteiger partial charge < -0.3 is 20.8 Å². The van der Waals surface area contributed by atoms with E-state index in [1.165, 1.54) is 6.42 Å². The number of amides is 1. The number of nitrogens with zero attached hydrogens (tertiary/aromatic N) is 1. The van der Waals surface area contributed by atoms with Crippen LogP contribution in [0.3, 0.4) is 0 Å². The van der Waals surface area contributed by atoms with E-state index in [1.807, 2.05) is 36.4 Å². The molecule has 1 saturated carbocycles. The first-order chi connectivity index (χ1) is 12.2. The summed E-state index contributed by atoms with van der Waals surface area (Å²) in [4.78, 5) is 20.2. The average molecular weight is 336 g/mol. The summed E-state index contributed by atoms with van der Waals surface area (Å²) in [6.07, 6.45) is 3.52. The second-order valence-electron chi connectivity index (χ2n) is 6.24. The Kier molecular flexibility index (Phi) is 4.11. The van der Waals surface area contributed by atoms with Gasteiger partial charge in [0.25, 0.3) is 5.91 Å². The number of anilines is 1. The van der Waals surface area contributed by atoms with Crippen LogP contribution in [-0.4, -0.2) is 22.0 Å². The number of nitrogens with two attached hydrogens (primary N) is 1. The molecule has 1 aromatic heterocycles. The van der Waals surface area contributed by atoms with Gasteiger partial charge >= 0.3 is 0 Å². The van der Waals surface area contributed by atoms with E-state index in [0.29, 0.717) is 23.5 Å². The molecule has 1 aliphatic rings. The van der Waals surface area contributed by atoms with Crippen molar-refractivity contribution in [1.82, 2.24) is 9.97 Å². The van der Waals surface area contributed by atoms with Crippen LogP contribution in [0.1, 0.15) is 35.4 Å². The first-order valence-electron chi connectivity index (χ1n) is 8.48. The summed E-state index contributed by atoms with van der Waals surface area (Å²) in [5, 5.41) is 2.93. The average Bonchev–Trinajstić information content (AvgIpc) is 3.01. The SMILES string of the molecule is NCc1nc2ccc(NC(=O)c3ccccc3OC3CCC3)cc2[nH]1. The number of fused-ring (bicyclic) bond motifs is 1. The molecule has 0 bridgehead atoms. The van der Waals surface area contributed by atoms with Gasteiger partial charge in [0.05, 0.1) is 29.2 Å². The highest BCUT2D eigenvalue weighted by molar-refractivity contribution is 6.06. The van der Waals surface area contributed by atoms with Crippen LogP contribution in [0.25, 0.3) is 11.0 Å². The van der Waals surface area contributed by atoms with E-state index in [4.69, 9.17) is 10.5 Å². The summed E-state index contributed by atoms with van der Waals surface area (Å²) < 4.78 is 5.94. The monoisotopic (exact) mass is 336 g/mol. The van der Waals surface area contributed by atoms with Crippen molar-refractivity contribution in [2.24, 2.45) is 5.73 Å². The van der Waals surface area contributed by atoms with Crippen molar-refractivity contribution in [3.8, 4) is 5.75 Å². The molecule has 4 N–H and O–H groups in total. The molecule has 0 unspecified atom stereocenters. The maximum Gasteiger partial charge on any atom is 0.259 e. The molecular formula is C19H20N4O2. The molecule has 0 aliphatic heterocycles. The number of rotatable bonds is 5. The van der Waals surface area contributed by atoms with E-state index in [2.05, 4.69) is 15.3 Å². The standard InChI is InChI=1S/C19H20N4O2/c20-11-18-22-15-9-8-12(10-16(15)23-18)21-19(24)14-6-1-2-7-17(14)25-13-4-3-5-13/h1-2,6-10,13H,3-5,11,20H2,(H,21,24)(H,22,23). The molecule has 6 heteroatoms. The van der Waals surface area contributed by atoms with Gasteiger partial charge in [0.15, 0.2) is 0 Å². The molecule has 0 radical (unpaired) electrons. The smallest absolute Gasteiger partial charge is 0.259 e. The number of benzene rings is 2. The molecule has 25 heavy (non-hydrogen) atoms. The van der Waals surface area contributed by atoms with Crippen LogP contribution in [0.5, 0.6) is 5.75 Å². The van der Waals surface area contributed by atoms with Crippen LogP contribution >= 0.6 is 0 Å². The third kappa shape index (κ3) is 3.21. The molecule has 3 aromatic rings. The van der Waals surface area contributed by atoms with Crippen molar-refractivity contribution >= 4 is 22.6 Å². The molecule has 2 aromatic carbocycles. The lowest BCUT2D eigenvalue weighted by Crippen LogP contribution is -2.26. The molecule has 1 amide bonds. The van der Waals surface area contributed by atoms with Gasteiger partial charge in [-0.25, -0.2) is 4.98 Å². The number of para-hydroxylation sites is 1. The lowest BCUT2D eigenvalue weighted by Gasteiger charge is -2.27.